The molecule has 0 aromatic carbocycles. The molecule has 106 valence electrons. The average molecular weight is 289 g/mol. The molecule has 0 amide bonds. The van der Waals surface area contributed by atoms with Gasteiger partial charge in [0.1, 0.15) is 11.6 Å². The number of nitrogens with zero attached hydrogens (tertiary/aromatic N) is 4. The lowest BCUT2D eigenvalue weighted by atomic mass is 10.3. The summed E-state index contributed by atoms with van der Waals surface area (Å²) >= 11 is 1.49. The maximum atomic E-state index is 5.84. The van der Waals surface area contributed by atoms with Gasteiger partial charge in [0.15, 0.2) is 5.16 Å². The summed E-state index contributed by atoms with van der Waals surface area (Å²) in [5.41, 5.74) is 7.88. The Labute approximate surface area is 123 Å². The molecule has 2 rings (SSSR count). The van der Waals surface area contributed by atoms with E-state index in [-0.39, 0.29) is 0 Å². The molecule has 0 unspecified atom stereocenters. The Bertz CT molecular complexity index is 588. The highest BCUT2D eigenvalue weighted by Crippen LogP contribution is 2.20. The molecule has 5 nitrogen and oxygen atoms in total. The van der Waals surface area contributed by atoms with Gasteiger partial charge in [-0.25, -0.2) is 9.97 Å². The second-order valence-electron chi connectivity index (χ2n) is 4.42. The largest absolute Gasteiger partial charge is 0.383 e. The summed E-state index contributed by atoms with van der Waals surface area (Å²) in [6.45, 7) is 5.63. The first-order valence-corrected chi connectivity index (χ1v) is 7.71. The van der Waals surface area contributed by atoms with Gasteiger partial charge in [0.2, 0.25) is 0 Å². The smallest absolute Gasteiger partial charge is 0.191 e. The Kier molecular flexibility index (Phi) is 4.79. The van der Waals surface area contributed by atoms with Gasteiger partial charge >= 0.3 is 0 Å². The molecular weight excluding hydrogens is 270 g/mol. The molecule has 0 atom stereocenters. The van der Waals surface area contributed by atoms with Gasteiger partial charge in [-0.2, -0.15) is 0 Å². The molecule has 0 spiro atoms. The number of nitrogen functional groups attached to an aromatic ring is 1. The first-order valence-electron chi connectivity index (χ1n) is 6.48. The van der Waals surface area contributed by atoms with Crippen molar-refractivity contribution in [3.05, 3.63) is 35.7 Å². The van der Waals surface area contributed by atoms with Crippen LogP contribution in [0.4, 0.5) is 11.6 Å². The van der Waals surface area contributed by atoms with Gasteiger partial charge in [-0.05, 0) is 32.2 Å². The van der Waals surface area contributed by atoms with Gasteiger partial charge in [-0.15, -0.1) is 0 Å². The van der Waals surface area contributed by atoms with E-state index in [1.807, 2.05) is 31.4 Å². The second kappa shape index (κ2) is 6.56. The molecule has 0 fully saturated rings. The van der Waals surface area contributed by atoms with E-state index in [0.717, 1.165) is 23.8 Å². The Balaban J connectivity index is 2.26. The van der Waals surface area contributed by atoms with E-state index in [9.17, 15) is 0 Å². The molecular formula is C14H19N5S. The summed E-state index contributed by atoms with van der Waals surface area (Å²) < 4.78 is 0. The van der Waals surface area contributed by atoms with Crippen LogP contribution in [-0.2, 0) is 6.54 Å². The summed E-state index contributed by atoms with van der Waals surface area (Å²) in [4.78, 5) is 15.4. The van der Waals surface area contributed by atoms with Crippen LogP contribution in [0, 0.1) is 6.92 Å². The highest BCUT2D eigenvalue weighted by Gasteiger charge is 2.10. The SMILES string of the molecule is CCN(Cc1cccc(C)n1)c1cc(N)nc(SC)n1. The normalized spacial score (nSPS) is 10.6. The van der Waals surface area contributed by atoms with Crippen molar-refractivity contribution in [1.82, 2.24) is 15.0 Å². The third kappa shape index (κ3) is 3.60. The van der Waals surface area contributed by atoms with Crippen molar-refractivity contribution < 1.29 is 0 Å². The lowest BCUT2D eigenvalue weighted by Crippen LogP contribution is -2.24. The van der Waals surface area contributed by atoms with E-state index >= 15 is 0 Å². The number of pyridine rings is 1. The molecule has 0 aliphatic heterocycles. The minimum absolute atomic E-state index is 0.495. The first kappa shape index (κ1) is 14.6. The van der Waals surface area contributed by atoms with Crippen LogP contribution in [0.2, 0.25) is 0 Å². The van der Waals surface area contributed by atoms with Crippen LogP contribution in [-0.4, -0.2) is 27.8 Å². The van der Waals surface area contributed by atoms with Crippen LogP contribution >= 0.6 is 11.8 Å². The van der Waals surface area contributed by atoms with Crippen molar-refractivity contribution in [3.8, 4) is 0 Å². The van der Waals surface area contributed by atoms with Gasteiger partial charge in [-0.3, -0.25) is 4.98 Å². The zero-order valence-electron chi connectivity index (χ0n) is 12.0. The standard InChI is InChI=1S/C14H19N5S/c1-4-19(9-11-7-5-6-10(2)16-11)13-8-12(15)17-14(18-13)20-3/h5-8H,4,9H2,1-3H3,(H2,15,17,18). The first-order chi connectivity index (χ1) is 9.62. The highest BCUT2D eigenvalue weighted by molar-refractivity contribution is 7.98. The predicted molar refractivity (Wildman–Crippen MR) is 83.9 cm³/mol. The Morgan fingerprint density at radius 3 is 2.70 bits per heavy atom. The van der Waals surface area contributed by atoms with Crippen LogP contribution in [0.25, 0.3) is 0 Å². The Morgan fingerprint density at radius 2 is 2.05 bits per heavy atom. The van der Waals surface area contributed by atoms with Gasteiger partial charge in [0.25, 0.3) is 0 Å². The molecule has 20 heavy (non-hydrogen) atoms. The summed E-state index contributed by atoms with van der Waals surface area (Å²) in [5, 5.41) is 0.690. The van der Waals surface area contributed by atoms with Crippen LogP contribution in [0.5, 0.6) is 0 Å². The quantitative estimate of drug-likeness (QED) is 0.674. The summed E-state index contributed by atoms with van der Waals surface area (Å²) in [5.74, 6) is 1.34. The van der Waals surface area contributed by atoms with E-state index in [2.05, 4.69) is 26.8 Å². The van der Waals surface area contributed by atoms with Crippen LogP contribution in [0.1, 0.15) is 18.3 Å². The number of thioether (sulfide) groups is 1. The lowest BCUT2D eigenvalue weighted by Gasteiger charge is -2.22. The number of hydrogen-bond acceptors (Lipinski definition) is 6. The molecule has 2 heterocycles. The third-order valence-corrected chi connectivity index (χ3v) is 3.45. The molecule has 0 radical (unpaired) electrons. The molecule has 2 N–H and O–H groups in total. The van der Waals surface area contributed by atoms with Gasteiger partial charge in [-0.1, -0.05) is 17.8 Å². The summed E-state index contributed by atoms with van der Waals surface area (Å²) in [6.07, 6.45) is 1.94. The fourth-order valence-electron chi connectivity index (χ4n) is 1.92. The second-order valence-corrected chi connectivity index (χ2v) is 5.20. The summed E-state index contributed by atoms with van der Waals surface area (Å²) in [7, 11) is 0. The van der Waals surface area contributed by atoms with E-state index < -0.39 is 0 Å². The van der Waals surface area contributed by atoms with Crippen LogP contribution in [0.3, 0.4) is 0 Å². The minimum Gasteiger partial charge on any atom is -0.383 e. The highest BCUT2D eigenvalue weighted by atomic mass is 32.2. The third-order valence-electron chi connectivity index (χ3n) is 2.90. The molecule has 2 aromatic heterocycles. The van der Waals surface area contributed by atoms with Crippen molar-refractivity contribution in [2.45, 2.75) is 25.5 Å². The lowest BCUT2D eigenvalue weighted by molar-refractivity contribution is 0.775. The van der Waals surface area contributed by atoms with Crippen molar-refractivity contribution >= 4 is 23.4 Å². The minimum atomic E-state index is 0.495. The Morgan fingerprint density at radius 1 is 1.25 bits per heavy atom. The van der Waals surface area contributed by atoms with Crippen molar-refractivity contribution in [2.75, 3.05) is 23.4 Å². The van der Waals surface area contributed by atoms with Gasteiger partial charge in [0.05, 0.1) is 12.2 Å². The zero-order chi connectivity index (χ0) is 14.5. The number of aromatic nitrogens is 3. The topological polar surface area (TPSA) is 67.9 Å². The zero-order valence-corrected chi connectivity index (χ0v) is 12.8. The number of anilines is 2. The molecule has 0 bridgehead atoms. The number of rotatable bonds is 5. The molecule has 0 aliphatic carbocycles. The van der Waals surface area contributed by atoms with Crippen LogP contribution in [0.15, 0.2) is 29.4 Å². The summed E-state index contributed by atoms with van der Waals surface area (Å²) in [6, 6.07) is 7.84. The van der Waals surface area contributed by atoms with Crippen LogP contribution < -0.4 is 10.6 Å². The predicted octanol–water partition coefficient (Wildman–Crippen LogP) is 2.51. The average Bonchev–Trinajstić information content (AvgIpc) is 2.44. The van der Waals surface area contributed by atoms with E-state index in [0.29, 0.717) is 17.5 Å². The molecule has 0 aliphatic rings. The molecule has 6 heteroatoms. The van der Waals surface area contributed by atoms with Crippen molar-refractivity contribution in [2.24, 2.45) is 0 Å². The van der Waals surface area contributed by atoms with Gasteiger partial charge < -0.3 is 10.6 Å². The fraction of sp³-hybridized carbons (Fsp3) is 0.357. The molecule has 0 saturated carbocycles. The Hall–Kier alpha value is -1.82. The molecule has 2 aromatic rings. The molecule has 0 saturated heterocycles. The van der Waals surface area contributed by atoms with E-state index in [1.54, 1.807) is 6.07 Å². The number of hydrogen-bond donors (Lipinski definition) is 1. The van der Waals surface area contributed by atoms with Crippen molar-refractivity contribution in [3.63, 3.8) is 0 Å². The monoisotopic (exact) mass is 289 g/mol. The van der Waals surface area contributed by atoms with E-state index in [4.69, 9.17) is 5.73 Å². The van der Waals surface area contributed by atoms with Crippen molar-refractivity contribution in [1.29, 1.82) is 0 Å². The van der Waals surface area contributed by atoms with E-state index in [1.165, 1.54) is 11.8 Å². The maximum absolute atomic E-state index is 5.84. The number of nitrogens with two attached hydrogens (primary N) is 1. The number of aryl methyl sites for hydroxylation is 1. The fourth-order valence-corrected chi connectivity index (χ4v) is 2.30. The van der Waals surface area contributed by atoms with Gasteiger partial charge in [0, 0.05) is 18.3 Å². The maximum Gasteiger partial charge on any atom is 0.191 e.